The molecule has 1 aliphatic heterocycles. The zero-order valence-electron chi connectivity index (χ0n) is 10.0. The third-order valence-corrected chi connectivity index (χ3v) is 2.84. The van der Waals surface area contributed by atoms with E-state index in [1.54, 1.807) is 6.92 Å². The fourth-order valence-corrected chi connectivity index (χ4v) is 1.81. The van der Waals surface area contributed by atoms with Crippen molar-refractivity contribution in [1.82, 2.24) is 5.32 Å². The van der Waals surface area contributed by atoms with E-state index in [0.717, 1.165) is 37.6 Å². The molecule has 1 heterocycles. The number of anilines is 1. The maximum atomic E-state index is 11.1. The number of Topliss-reactive ketones (excluding diaryl/α,β-unsaturated/α-hetero) is 1. The molecule has 0 bridgehead atoms. The Balaban J connectivity index is 1.84. The van der Waals surface area contributed by atoms with Gasteiger partial charge in [0.05, 0.1) is 13.2 Å². The Hall–Kier alpha value is -1.39. The number of benzene rings is 1. The van der Waals surface area contributed by atoms with Gasteiger partial charge in [0.15, 0.2) is 5.78 Å². The molecule has 17 heavy (non-hydrogen) atoms. The summed E-state index contributed by atoms with van der Waals surface area (Å²) in [6.07, 6.45) is 0. The summed E-state index contributed by atoms with van der Waals surface area (Å²) in [6, 6.07) is 7.91. The Kier molecular flexibility index (Phi) is 4.12. The average molecular weight is 234 g/mol. The summed E-state index contributed by atoms with van der Waals surface area (Å²) in [5, 5.41) is 6.70. The van der Waals surface area contributed by atoms with Crippen LogP contribution in [0.25, 0.3) is 0 Å². The Labute approximate surface area is 101 Å². The molecule has 0 amide bonds. The van der Waals surface area contributed by atoms with Gasteiger partial charge in [-0.3, -0.25) is 4.79 Å². The van der Waals surface area contributed by atoms with Gasteiger partial charge in [-0.2, -0.15) is 0 Å². The monoisotopic (exact) mass is 234 g/mol. The molecule has 0 spiro atoms. The van der Waals surface area contributed by atoms with Crippen LogP contribution in [0, 0.1) is 0 Å². The molecule has 0 aromatic heterocycles. The average Bonchev–Trinajstić information content (AvgIpc) is 2.38. The summed E-state index contributed by atoms with van der Waals surface area (Å²) in [4.78, 5) is 11.1. The SMILES string of the molecule is CC(=O)c1ccc(NCC2COCCN2)cc1. The quantitative estimate of drug-likeness (QED) is 0.771. The van der Waals surface area contributed by atoms with Gasteiger partial charge in [0.2, 0.25) is 0 Å². The predicted molar refractivity (Wildman–Crippen MR) is 67.5 cm³/mol. The maximum Gasteiger partial charge on any atom is 0.159 e. The number of carbonyl (C=O) groups excluding carboxylic acids is 1. The molecule has 1 unspecified atom stereocenters. The van der Waals surface area contributed by atoms with Gasteiger partial charge >= 0.3 is 0 Å². The van der Waals surface area contributed by atoms with Gasteiger partial charge in [-0.25, -0.2) is 0 Å². The smallest absolute Gasteiger partial charge is 0.159 e. The van der Waals surface area contributed by atoms with Crippen molar-refractivity contribution in [3.8, 4) is 0 Å². The Morgan fingerprint density at radius 2 is 2.24 bits per heavy atom. The van der Waals surface area contributed by atoms with Gasteiger partial charge in [-0.1, -0.05) is 0 Å². The number of ketones is 1. The van der Waals surface area contributed by atoms with Gasteiger partial charge in [0, 0.05) is 30.4 Å². The summed E-state index contributed by atoms with van der Waals surface area (Å²) < 4.78 is 5.37. The van der Waals surface area contributed by atoms with E-state index < -0.39 is 0 Å². The van der Waals surface area contributed by atoms with E-state index in [9.17, 15) is 4.79 Å². The van der Waals surface area contributed by atoms with Gasteiger partial charge in [0.1, 0.15) is 0 Å². The van der Waals surface area contributed by atoms with Crippen molar-refractivity contribution < 1.29 is 9.53 Å². The first-order valence-corrected chi connectivity index (χ1v) is 5.92. The molecule has 4 heteroatoms. The second-order valence-corrected chi connectivity index (χ2v) is 4.24. The highest BCUT2D eigenvalue weighted by Gasteiger charge is 2.12. The molecule has 92 valence electrons. The van der Waals surface area contributed by atoms with E-state index in [0.29, 0.717) is 6.04 Å². The van der Waals surface area contributed by atoms with Gasteiger partial charge in [0.25, 0.3) is 0 Å². The molecule has 1 saturated heterocycles. The molecule has 0 aliphatic carbocycles. The molecule has 1 aliphatic rings. The number of rotatable bonds is 4. The van der Waals surface area contributed by atoms with Gasteiger partial charge in [-0.05, 0) is 31.2 Å². The lowest BCUT2D eigenvalue weighted by atomic mass is 10.1. The molecule has 4 nitrogen and oxygen atoms in total. The predicted octanol–water partition coefficient (Wildman–Crippen LogP) is 1.29. The van der Waals surface area contributed by atoms with Crippen molar-refractivity contribution in [2.45, 2.75) is 13.0 Å². The standard InChI is InChI=1S/C13H18N2O2/c1-10(16)11-2-4-12(5-3-11)15-8-13-9-17-7-6-14-13/h2-5,13-15H,6-9H2,1H3. The molecule has 1 aromatic carbocycles. The largest absolute Gasteiger partial charge is 0.383 e. The minimum Gasteiger partial charge on any atom is -0.383 e. The summed E-state index contributed by atoms with van der Waals surface area (Å²) in [5.74, 6) is 0.0962. The first kappa shape index (κ1) is 12.1. The van der Waals surface area contributed by atoms with E-state index in [1.165, 1.54) is 0 Å². The molecular weight excluding hydrogens is 216 g/mol. The highest BCUT2D eigenvalue weighted by molar-refractivity contribution is 5.94. The summed E-state index contributed by atoms with van der Waals surface area (Å²) in [7, 11) is 0. The van der Waals surface area contributed by atoms with Crippen molar-refractivity contribution in [2.75, 3.05) is 31.6 Å². The number of carbonyl (C=O) groups is 1. The highest BCUT2D eigenvalue weighted by atomic mass is 16.5. The van der Waals surface area contributed by atoms with Crippen molar-refractivity contribution >= 4 is 11.5 Å². The zero-order chi connectivity index (χ0) is 12.1. The van der Waals surface area contributed by atoms with E-state index in [2.05, 4.69) is 10.6 Å². The third-order valence-electron chi connectivity index (χ3n) is 2.84. The van der Waals surface area contributed by atoms with Crippen LogP contribution in [0.15, 0.2) is 24.3 Å². The van der Waals surface area contributed by atoms with Crippen LogP contribution in [0.3, 0.4) is 0 Å². The van der Waals surface area contributed by atoms with Crippen molar-refractivity contribution in [1.29, 1.82) is 0 Å². The molecule has 1 fully saturated rings. The molecular formula is C13H18N2O2. The van der Waals surface area contributed by atoms with Gasteiger partial charge in [-0.15, -0.1) is 0 Å². The Bertz CT molecular complexity index is 370. The second kappa shape index (κ2) is 5.80. The molecule has 1 aromatic rings. The van der Waals surface area contributed by atoms with Crippen LogP contribution in [-0.4, -0.2) is 38.1 Å². The van der Waals surface area contributed by atoms with Crippen LogP contribution in [0.4, 0.5) is 5.69 Å². The molecule has 2 rings (SSSR count). The molecule has 1 atom stereocenters. The molecule has 2 N–H and O–H groups in total. The zero-order valence-corrected chi connectivity index (χ0v) is 10.0. The van der Waals surface area contributed by atoms with Crippen molar-refractivity contribution in [3.63, 3.8) is 0 Å². The van der Waals surface area contributed by atoms with Crippen LogP contribution in [-0.2, 0) is 4.74 Å². The summed E-state index contributed by atoms with van der Waals surface area (Å²) in [6.45, 7) is 4.86. The maximum absolute atomic E-state index is 11.1. The van der Waals surface area contributed by atoms with Crippen LogP contribution >= 0.6 is 0 Å². The van der Waals surface area contributed by atoms with Crippen LogP contribution in [0.2, 0.25) is 0 Å². The fourth-order valence-electron chi connectivity index (χ4n) is 1.81. The number of morpholine rings is 1. The second-order valence-electron chi connectivity index (χ2n) is 4.24. The minimum atomic E-state index is 0.0962. The Morgan fingerprint density at radius 3 is 2.82 bits per heavy atom. The first-order chi connectivity index (χ1) is 8.25. The Morgan fingerprint density at radius 1 is 1.47 bits per heavy atom. The van der Waals surface area contributed by atoms with E-state index in [4.69, 9.17) is 4.74 Å². The number of hydrogen-bond donors (Lipinski definition) is 2. The molecule has 0 saturated carbocycles. The summed E-state index contributed by atoms with van der Waals surface area (Å²) >= 11 is 0. The summed E-state index contributed by atoms with van der Waals surface area (Å²) in [5.41, 5.74) is 1.78. The topological polar surface area (TPSA) is 50.4 Å². The highest BCUT2D eigenvalue weighted by Crippen LogP contribution is 2.10. The number of nitrogens with one attached hydrogen (secondary N) is 2. The molecule has 0 radical (unpaired) electrons. The lowest BCUT2D eigenvalue weighted by Crippen LogP contribution is -2.45. The fraction of sp³-hybridized carbons (Fsp3) is 0.462. The van der Waals surface area contributed by atoms with Crippen LogP contribution < -0.4 is 10.6 Å². The lowest BCUT2D eigenvalue weighted by Gasteiger charge is -2.24. The van der Waals surface area contributed by atoms with Crippen LogP contribution in [0.5, 0.6) is 0 Å². The van der Waals surface area contributed by atoms with Crippen LogP contribution in [0.1, 0.15) is 17.3 Å². The van der Waals surface area contributed by atoms with E-state index in [-0.39, 0.29) is 5.78 Å². The first-order valence-electron chi connectivity index (χ1n) is 5.92. The third kappa shape index (κ3) is 3.54. The van der Waals surface area contributed by atoms with E-state index >= 15 is 0 Å². The normalized spacial score (nSPS) is 19.9. The van der Waals surface area contributed by atoms with E-state index in [1.807, 2.05) is 24.3 Å². The van der Waals surface area contributed by atoms with Crippen molar-refractivity contribution in [3.05, 3.63) is 29.8 Å². The number of hydrogen-bond acceptors (Lipinski definition) is 4. The van der Waals surface area contributed by atoms with Crippen molar-refractivity contribution in [2.24, 2.45) is 0 Å². The van der Waals surface area contributed by atoms with Gasteiger partial charge < -0.3 is 15.4 Å². The minimum absolute atomic E-state index is 0.0962. The number of ether oxygens (including phenoxy) is 1. The lowest BCUT2D eigenvalue weighted by molar-refractivity contribution is 0.0806.